The number of amides is 1. The number of rotatable bonds is 7. The fourth-order valence-corrected chi connectivity index (χ4v) is 4.32. The van der Waals surface area contributed by atoms with E-state index >= 15 is 0 Å². The molecule has 1 amide bonds. The Kier molecular flexibility index (Phi) is 11.5. The van der Waals surface area contributed by atoms with Crippen molar-refractivity contribution in [1.29, 1.82) is 0 Å². The minimum Gasteiger partial charge on any atom is -0.368 e. The molecule has 2 heterocycles. The Labute approximate surface area is 208 Å². The number of anilines is 1. The Morgan fingerprint density at radius 1 is 1.09 bits per heavy atom. The zero-order chi connectivity index (χ0) is 22.1. The zero-order valence-corrected chi connectivity index (χ0v) is 21.7. The third-order valence-corrected chi connectivity index (χ3v) is 6.15. The molecule has 2 aliphatic heterocycles. The highest BCUT2D eigenvalue weighted by atomic mass is 127. The predicted molar refractivity (Wildman–Crippen MR) is 139 cm³/mol. The lowest BCUT2D eigenvalue weighted by Gasteiger charge is -2.36. The monoisotopic (exact) mass is 560 g/mol. The second-order valence-corrected chi connectivity index (χ2v) is 8.35. The fraction of sp³-hybridized carbons (Fsp3) is 0.652. The molecule has 1 aromatic carbocycles. The summed E-state index contributed by atoms with van der Waals surface area (Å²) in [5.74, 6) is 0.717. The van der Waals surface area contributed by atoms with E-state index in [4.69, 9.17) is 0 Å². The first-order valence-corrected chi connectivity index (χ1v) is 11.6. The quantitative estimate of drug-likeness (QED) is 0.305. The number of nitrogens with one attached hydrogen (secondary N) is 2. The van der Waals surface area contributed by atoms with Crippen molar-refractivity contribution in [3.63, 3.8) is 0 Å². The van der Waals surface area contributed by atoms with Gasteiger partial charge in [-0.15, -0.1) is 24.0 Å². The van der Waals surface area contributed by atoms with E-state index in [1.807, 2.05) is 4.90 Å². The summed E-state index contributed by atoms with van der Waals surface area (Å²) in [6.07, 6.45) is 3.90. The molecule has 0 unspecified atom stereocenters. The maximum absolute atomic E-state index is 13.1. The van der Waals surface area contributed by atoms with E-state index < -0.39 is 0 Å². The summed E-state index contributed by atoms with van der Waals surface area (Å²) in [5, 5.41) is 6.80. The van der Waals surface area contributed by atoms with Crippen LogP contribution in [0, 0.1) is 5.82 Å². The molecule has 32 heavy (non-hydrogen) atoms. The molecule has 3 rings (SSSR count). The van der Waals surface area contributed by atoms with Gasteiger partial charge < -0.3 is 25.3 Å². The van der Waals surface area contributed by atoms with Gasteiger partial charge in [-0.3, -0.25) is 9.79 Å². The first-order valence-electron chi connectivity index (χ1n) is 11.6. The van der Waals surface area contributed by atoms with E-state index in [-0.39, 0.29) is 35.7 Å². The second-order valence-electron chi connectivity index (χ2n) is 8.35. The largest absolute Gasteiger partial charge is 0.368 e. The van der Waals surface area contributed by atoms with Crippen molar-refractivity contribution in [3.8, 4) is 0 Å². The third kappa shape index (κ3) is 8.06. The number of likely N-dealkylation sites (tertiary alicyclic amines) is 1. The molecule has 1 aromatic rings. The molecule has 0 aliphatic carbocycles. The van der Waals surface area contributed by atoms with Crippen LogP contribution in [-0.2, 0) is 4.79 Å². The van der Waals surface area contributed by atoms with Crippen LogP contribution in [0.2, 0.25) is 0 Å². The number of piperazine rings is 1. The van der Waals surface area contributed by atoms with Gasteiger partial charge in [0.1, 0.15) is 5.82 Å². The molecule has 2 saturated heterocycles. The fourth-order valence-electron chi connectivity index (χ4n) is 4.32. The number of benzene rings is 1. The smallest absolute Gasteiger partial charge is 0.224 e. The first kappa shape index (κ1) is 26.6. The van der Waals surface area contributed by atoms with Crippen LogP contribution >= 0.6 is 24.0 Å². The summed E-state index contributed by atoms with van der Waals surface area (Å²) in [7, 11) is 1.78. The van der Waals surface area contributed by atoms with E-state index in [1.54, 1.807) is 19.2 Å². The molecule has 0 saturated carbocycles. The number of hydrogen-bond acceptors (Lipinski definition) is 4. The predicted octanol–water partition coefficient (Wildman–Crippen LogP) is 2.52. The molecule has 2 N–H and O–H groups in total. The Bertz CT molecular complexity index is 716. The van der Waals surface area contributed by atoms with Crippen molar-refractivity contribution in [2.75, 3.05) is 64.3 Å². The lowest BCUT2D eigenvalue weighted by atomic mass is 10.1. The van der Waals surface area contributed by atoms with E-state index in [2.05, 4.69) is 32.3 Å². The number of carbonyl (C=O) groups is 1. The topological polar surface area (TPSA) is 63.2 Å². The van der Waals surface area contributed by atoms with Gasteiger partial charge in [-0.2, -0.15) is 0 Å². The molecular formula is C23H38FIN6O. The van der Waals surface area contributed by atoms with Crippen LogP contribution in [0.25, 0.3) is 0 Å². The minimum absolute atomic E-state index is 0. The second kappa shape index (κ2) is 13.8. The van der Waals surface area contributed by atoms with Crippen LogP contribution in [0.5, 0.6) is 0 Å². The highest BCUT2D eigenvalue weighted by Gasteiger charge is 2.22. The Morgan fingerprint density at radius 2 is 1.75 bits per heavy atom. The number of carbonyl (C=O) groups excluding carboxylic acids is 1. The summed E-state index contributed by atoms with van der Waals surface area (Å²) < 4.78 is 13.1. The van der Waals surface area contributed by atoms with Gasteiger partial charge in [-0.1, -0.05) is 6.92 Å². The summed E-state index contributed by atoms with van der Waals surface area (Å²) in [4.78, 5) is 23.5. The molecule has 7 nitrogen and oxygen atoms in total. The van der Waals surface area contributed by atoms with Crippen LogP contribution < -0.4 is 15.5 Å². The lowest BCUT2D eigenvalue weighted by molar-refractivity contribution is -0.131. The van der Waals surface area contributed by atoms with Crippen molar-refractivity contribution in [2.24, 2.45) is 4.99 Å². The Morgan fingerprint density at radius 3 is 2.34 bits per heavy atom. The number of hydrogen-bond donors (Lipinski definition) is 2. The summed E-state index contributed by atoms with van der Waals surface area (Å²) in [6, 6.07) is 6.99. The molecule has 0 aromatic heterocycles. The van der Waals surface area contributed by atoms with Crippen molar-refractivity contribution < 1.29 is 9.18 Å². The van der Waals surface area contributed by atoms with E-state index in [9.17, 15) is 9.18 Å². The van der Waals surface area contributed by atoms with Crippen LogP contribution in [0.3, 0.4) is 0 Å². The van der Waals surface area contributed by atoms with Gasteiger partial charge in [-0.25, -0.2) is 4.39 Å². The van der Waals surface area contributed by atoms with Gasteiger partial charge in [0.25, 0.3) is 0 Å². The Balaban J connectivity index is 0.00000363. The average Bonchev–Trinajstić information content (AvgIpc) is 2.80. The molecule has 0 atom stereocenters. The van der Waals surface area contributed by atoms with Crippen LogP contribution in [0.1, 0.15) is 32.6 Å². The van der Waals surface area contributed by atoms with Crippen molar-refractivity contribution in [3.05, 3.63) is 30.1 Å². The number of guanidine groups is 1. The number of piperidine rings is 1. The number of nitrogens with zero attached hydrogens (tertiary/aromatic N) is 4. The van der Waals surface area contributed by atoms with Crippen molar-refractivity contribution in [1.82, 2.24) is 20.4 Å². The minimum atomic E-state index is -0.225. The van der Waals surface area contributed by atoms with Gasteiger partial charge >= 0.3 is 0 Å². The summed E-state index contributed by atoms with van der Waals surface area (Å²) in [5.41, 5.74) is 1.01. The maximum Gasteiger partial charge on any atom is 0.224 e. The van der Waals surface area contributed by atoms with Crippen molar-refractivity contribution in [2.45, 2.75) is 38.6 Å². The van der Waals surface area contributed by atoms with Crippen LogP contribution in [-0.4, -0.2) is 87.1 Å². The highest BCUT2D eigenvalue weighted by molar-refractivity contribution is 14.0. The maximum atomic E-state index is 13.1. The van der Waals surface area contributed by atoms with Crippen LogP contribution in [0.4, 0.5) is 10.1 Å². The van der Waals surface area contributed by atoms with Gasteiger partial charge in [0.2, 0.25) is 5.91 Å². The van der Waals surface area contributed by atoms with E-state index in [1.165, 1.54) is 25.1 Å². The zero-order valence-electron chi connectivity index (χ0n) is 19.4. The van der Waals surface area contributed by atoms with Gasteiger partial charge in [0.15, 0.2) is 5.96 Å². The molecular weight excluding hydrogens is 522 g/mol. The van der Waals surface area contributed by atoms with E-state index in [0.29, 0.717) is 32.1 Å². The first-order chi connectivity index (χ1) is 15.1. The standard InChI is InChI=1S/C23H37FN6O.HI/c1-3-12-28-13-9-20(10-14-28)27-23(25-2)26-11-8-22(31)30-17-15-29(16-18-30)21-6-4-19(24)5-7-21;/h4-7,20H,3,8-18H2,1-2H3,(H2,25,26,27);1H. The lowest BCUT2D eigenvalue weighted by Crippen LogP contribution is -2.50. The van der Waals surface area contributed by atoms with E-state index in [0.717, 1.165) is 50.7 Å². The van der Waals surface area contributed by atoms with Gasteiger partial charge in [0, 0.05) is 71.0 Å². The summed E-state index contributed by atoms with van der Waals surface area (Å²) >= 11 is 0. The normalized spacial score (nSPS) is 18.3. The van der Waals surface area contributed by atoms with Gasteiger partial charge in [0.05, 0.1) is 0 Å². The molecule has 9 heteroatoms. The molecule has 2 aliphatic rings. The molecule has 0 spiro atoms. The molecule has 180 valence electrons. The van der Waals surface area contributed by atoms with Gasteiger partial charge in [-0.05, 0) is 50.1 Å². The number of halogens is 2. The SMILES string of the molecule is CCCN1CCC(NC(=NC)NCCC(=O)N2CCN(c3ccc(F)cc3)CC2)CC1.I. The Hall–Kier alpha value is -1.62. The van der Waals surface area contributed by atoms with Crippen molar-refractivity contribution >= 4 is 41.5 Å². The third-order valence-electron chi connectivity index (χ3n) is 6.15. The average molecular weight is 561 g/mol. The molecule has 0 bridgehead atoms. The molecule has 0 radical (unpaired) electrons. The summed E-state index contributed by atoms with van der Waals surface area (Å²) in [6.45, 7) is 9.17. The highest BCUT2D eigenvalue weighted by Crippen LogP contribution is 2.17. The number of aliphatic imine (C=N–C) groups is 1. The van der Waals surface area contributed by atoms with Crippen LogP contribution in [0.15, 0.2) is 29.3 Å². The molecule has 2 fully saturated rings.